The molecule has 0 saturated carbocycles. The average Bonchev–Trinajstić information content (AvgIpc) is 2.48. The first kappa shape index (κ1) is 14.6. The average molecular weight is 352 g/mol. The summed E-state index contributed by atoms with van der Waals surface area (Å²) in [6.07, 6.45) is 3.04. The molecule has 21 heavy (non-hydrogen) atoms. The van der Waals surface area contributed by atoms with E-state index in [1.54, 1.807) is 6.20 Å². The lowest BCUT2D eigenvalue weighted by Crippen LogP contribution is -2.42. The maximum atomic E-state index is 10.5. The molecule has 1 aromatic heterocycles. The number of nitrogens with one attached hydrogen (secondary N) is 1. The smallest absolute Gasteiger partial charge is 0.0954 e. The quantitative estimate of drug-likeness (QED) is 0.740. The fraction of sp³-hybridized carbons (Fsp3) is 0.400. The van der Waals surface area contributed by atoms with Gasteiger partial charge < -0.3 is 20.9 Å². The molecule has 1 saturated heterocycles. The van der Waals surface area contributed by atoms with Crippen LogP contribution in [-0.2, 0) is 4.74 Å². The molecule has 1 aromatic carbocycles. The molecule has 1 aliphatic rings. The number of halogens is 1. The topological polar surface area (TPSA) is 80.4 Å². The highest BCUT2D eigenvalue weighted by Crippen LogP contribution is 2.30. The molecule has 6 heteroatoms. The first-order valence-electron chi connectivity index (χ1n) is 6.95. The van der Waals surface area contributed by atoms with Crippen LogP contribution in [0.2, 0.25) is 0 Å². The van der Waals surface area contributed by atoms with Crippen LogP contribution in [0.4, 0.5) is 11.4 Å². The summed E-state index contributed by atoms with van der Waals surface area (Å²) in [4.78, 5) is 4.43. The van der Waals surface area contributed by atoms with Gasteiger partial charge in [-0.2, -0.15) is 0 Å². The van der Waals surface area contributed by atoms with Gasteiger partial charge >= 0.3 is 0 Å². The molecular weight excluding hydrogens is 334 g/mol. The predicted octanol–water partition coefficient (Wildman–Crippen LogP) is 2.53. The number of aromatic nitrogens is 1. The van der Waals surface area contributed by atoms with E-state index in [2.05, 4.69) is 26.2 Å². The van der Waals surface area contributed by atoms with Crippen LogP contribution in [0.15, 0.2) is 28.9 Å². The van der Waals surface area contributed by atoms with Gasteiger partial charge in [-0.3, -0.25) is 4.98 Å². The maximum Gasteiger partial charge on any atom is 0.0954 e. The standard InChI is InChI=1S/C15H18BrN3O2/c16-10-7-11-12(17)1-2-13(14(11)18-8-10)19-9-15(20)3-5-21-6-4-15/h1-2,7-8,19-20H,3-6,9,17H2. The zero-order valence-electron chi connectivity index (χ0n) is 11.6. The Bertz CT molecular complexity index is 657. The lowest BCUT2D eigenvalue weighted by molar-refractivity contribution is -0.0543. The van der Waals surface area contributed by atoms with E-state index in [4.69, 9.17) is 10.5 Å². The summed E-state index contributed by atoms with van der Waals surface area (Å²) in [5.74, 6) is 0. The largest absolute Gasteiger partial charge is 0.398 e. The molecule has 0 bridgehead atoms. The van der Waals surface area contributed by atoms with Crippen LogP contribution in [0.25, 0.3) is 10.9 Å². The molecule has 0 aliphatic carbocycles. The Morgan fingerprint density at radius 2 is 2.14 bits per heavy atom. The minimum Gasteiger partial charge on any atom is -0.398 e. The van der Waals surface area contributed by atoms with Gasteiger partial charge in [0.2, 0.25) is 0 Å². The van der Waals surface area contributed by atoms with Crippen molar-refractivity contribution < 1.29 is 9.84 Å². The number of hydrogen-bond donors (Lipinski definition) is 3. The molecule has 2 heterocycles. The fourth-order valence-corrected chi connectivity index (χ4v) is 2.88. The molecule has 0 spiro atoms. The molecule has 0 atom stereocenters. The van der Waals surface area contributed by atoms with Gasteiger partial charge in [0.25, 0.3) is 0 Å². The van der Waals surface area contributed by atoms with E-state index in [-0.39, 0.29) is 0 Å². The number of fused-ring (bicyclic) bond motifs is 1. The number of benzene rings is 1. The third-order valence-electron chi connectivity index (χ3n) is 3.88. The van der Waals surface area contributed by atoms with E-state index in [1.807, 2.05) is 18.2 Å². The molecule has 5 nitrogen and oxygen atoms in total. The first-order valence-corrected chi connectivity index (χ1v) is 7.74. The Balaban J connectivity index is 1.85. The van der Waals surface area contributed by atoms with Gasteiger partial charge in [0, 0.05) is 54.3 Å². The fourth-order valence-electron chi connectivity index (χ4n) is 2.55. The SMILES string of the molecule is Nc1ccc(NCC2(O)CCOCC2)c2ncc(Br)cc12. The molecule has 112 valence electrons. The molecule has 0 unspecified atom stereocenters. The van der Waals surface area contributed by atoms with Crippen molar-refractivity contribution in [3.05, 3.63) is 28.9 Å². The van der Waals surface area contributed by atoms with Crippen LogP contribution in [0.5, 0.6) is 0 Å². The van der Waals surface area contributed by atoms with Crippen molar-refractivity contribution in [1.29, 1.82) is 0 Å². The number of ether oxygens (including phenoxy) is 1. The number of hydrogen-bond acceptors (Lipinski definition) is 5. The van der Waals surface area contributed by atoms with Crippen molar-refractivity contribution in [2.75, 3.05) is 30.8 Å². The van der Waals surface area contributed by atoms with Crippen molar-refractivity contribution >= 4 is 38.2 Å². The molecule has 1 aliphatic heterocycles. The van der Waals surface area contributed by atoms with Crippen molar-refractivity contribution in [3.8, 4) is 0 Å². The minimum absolute atomic E-state index is 0.479. The highest BCUT2D eigenvalue weighted by molar-refractivity contribution is 9.10. The summed E-state index contributed by atoms with van der Waals surface area (Å²) in [6.45, 7) is 1.69. The number of nitrogens with zero attached hydrogens (tertiary/aromatic N) is 1. The molecule has 3 rings (SSSR count). The van der Waals surface area contributed by atoms with Crippen molar-refractivity contribution in [2.45, 2.75) is 18.4 Å². The van der Waals surface area contributed by atoms with Crippen molar-refractivity contribution in [3.63, 3.8) is 0 Å². The second kappa shape index (κ2) is 5.79. The summed E-state index contributed by atoms with van der Waals surface area (Å²) in [6, 6.07) is 5.71. The molecule has 4 N–H and O–H groups in total. The molecular formula is C15H18BrN3O2. The lowest BCUT2D eigenvalue weighted by Gasteiger charge is -2.32. The number of anilines is 2. The number of nitrogen functional groups attached to an aromatic ring is 1. The summed E-state index contributed by atoms with van der Waals surface area (Å²) in [7, 11) is 0. The van der Waals surface area contributed by atoms with Crippen LogP contribution in [0, 0.1) is 0 Å². The predicted molar refractivity (Wildman–Crippen MR) is 87.3 cm³/mol. The van der Waals surface area contributed by atoms with Crippen LogP contribution in [0.3, 0.4) is 0 Å². The third kappa shape index (κ3) is 3.12. The lowest BCUT2D eigenvalue weighted by atomic mass is 9.94. The summed E-state index contributed by atoms with van der Waals surface area (Å²) in [5.41, 5.74) is 7.67. The van der Waals surface area contributed by atoms with Crippen LogP contribution >= 0.6 is 15.9 Å². The van der Waals surface area contributed by atoms with Gasteiger partial charge in [-0.15, -0.1) is 0 Å². The van der Waals surface area contributed by atoms with Crippen LogP contribution in [-0.4, -0.2) is 35.5 Å². The molecule has 1 fully saturated rings. The second-order valence-corrected chi connectivity index (χ2v) is 6.36. The second-order valence-electron chi connectivity index (χ2n) is 5.44. The Kier molecular flexibility index (Phi) is 4.01. The molecule has 2 aromatic rings. The maximum absolute atomic E-state index is 10.5. The Morgan fingerprint density at radius 3 is 2.90 bits per heavy atom. The number of aliphatic hydroxyl groups is 1. The number of pyridine rings is 1. The van der Waals surface area contributed by atoms with Crippen molar-refractivity contribution in [1.82, 2.24) is 4.98 Å². The van der Waals surface area contributed by atoms with E-state index in [1.165, 1.54) is 0 Å². The Morgan fingerprint density at radius 1 is 1.38 bits per heavy atom. The number of nitrogens with two attached hydrogens (primary N) is 1. The van der Waals surface area contributed by atoms with Crippen LogP contribution in [0.1, 0.15) is 12.8 Å². The Hall–Kier alpha value is -1.37. The van der Waals surface area contributed by atoms with Gasteiger partial charge in [-0.25, -0.2) is 0 Å². The van der Waals surface area contributed by atoms with Gasteiger partial charge in [0.05, 0.1) is 16.8 Å². The van der Waals surface area contributed by atoms with E-state index in [0.717, 1.165) is 21.1 Å². The first-order chi connectivity index (χ1) is 10.1. The van der Waals surface area contributed by atoms with Crippen molar-refractivity contribution in [2.24, 2.45) is 0 Å². The van der Waals surface area contributed by atoms with Gasteiger partial charge in [-0.05, 0) is 34.1 Å². The summed E-state index contributed by atoms with van der Waals surface area (Å²) in [5, 5.41) is 14.7. The van der Waals surface area contributed by atoms with Crippen LogP contribution < -0.4 is 11.1 Å². The van der Waals surface area contributed by atoms with E-state index < -0.39 is 5.60 Å². The zero-order chi connectivity index (χ0) is 14.9. The summed E-state index contributed by atoms with van der Waals surface area (Å²) >= 11 is 3.41. The monoisotopic (exact) mass is 351 g/mol. The van der Waals surface area contributed by atoms with Gasteiger partial charge in [-0.1, -0.05) is 0 Å². The molecule has 0 amide bonds. The third-order valence-corrected chi connectivity index (χ3v) is 4.32. The van der Waals surface area contributed by atoms with E-state index in [9.17, 15) is 5.11 Å². The molecule has 0 radical (unpaired) electrons. The highest BCUT2D eigenvalue weighted by atomic mass is 79.9. The highest BCUT2D eigenvalue weighted by Gasteiger charge is 2.29. The Labute approximate surface area is 131 Å². The number of rotatable bonds is 3. The van der Waals surface area contributed by atoms with E-state index in [0.29, 0.717) is 38.3 Å². The van der Waals surface area contributed by atoms with Gasteiger partial charge in [0.15, 0.2) is 0 Å². The minimum atomic E-state index is -0.721. The normalized spacial score (nSPS) is 17.8. The zero-order valence-corrected chi connectivity index (χ0v) is 13.2. The summed E-state index contributed by atoms with van der Waals surface area (Å²) < 4.78 is 6.18. The van der Waals surface area contributed by atoms with E-state index >= 15 is 0 Å². The van der Waals surface area contributed by atoms with Gasteiger partial charge in [0.1, 0.15) is 0 Å².